The SMILES string of the molecule is CCn1c(S/C(=C\c2ccc(OC)c(Br)c2)C(=O)O)nnc1-c1ccc(Cl)cc1. The van der Waals surface area contributed by atoms with E-state index in [1.165, 1.54) is 0 Å². The fourth-order valence-electron chi connectivity index (χ4n) is 2.62. The maximum Gasteiger partial charge on any atom is 0.342 e. The molecule has 29 heavy (non-hydrogen) atoms. The lowest BCUT2D eigenvalue weighted by Crippen LogP contribution is -2.02. The number of hydrogen-bond acceptors (Lipinski definition) is 5. The van der Waals surface area contributed by atoms with Crippen LogP contribution in [0, 0.1) is 0 Å². The Morgan fingerprint density at radius 1 is 1.28 bits per heavy atom. The van der Waals surface area contributed by atoms with E-state index in [9.17, 15) is 9.90 Å². The largest absolute Gasteiger partial charge is 0.496 e. The van der Waals surface area contributed by atoms with E-state index in [0.29, 0.717) is 28.3 Å². The lowest BCUT2D eigenvalue weighted by atomic mass is 10.2. The maximum atomic E-state index is 11.8. The number of carbonyl (C=O) groups is 1. The van der Waals surface area contributed by atoms with Gasteiger partial charge in [-0.25, -0.2) is 4.79 Å². The number of halogens is 2. The molecule has 6 nitrogen and oxygen atoms in total. The third-order valence-electron chi connectivity index (χ3n) is 4.02. The Kier molecular flexibility index (Phi) is 7.00. The van der Waals surface area contributed by atoms with Crippen LogP contribution in [0.2, 0.25) is 5.02 Å². The van der Waals surface area contributed by atoms with Crippen LogP contribution in [0.25, 0.3) is 17.5 Å². The van der Waals surface area contributed by atoms with Crippen molar-refractivity contribution in [2.45, 2.75) is 18.6 Å². The molecule has 1 heterocycles. The van der Waals surface area contributed by atoms with Crippen molar-refractivity contribution in [1.82, 2.24) is 14.8 Å². The molecule has 0 amide bonds. The normalized spacial score (nSPS) is 11.5. The Morgan fingerprint density at radius 2 is 2.00 bits per heavy atom. The number of methoxy groups -OCH3 is 1. The summed E-state index contributed by atoms with van der Waals surface area (Å²) in [6.07, 6.45) is 1.59. The molecule has 0 saturated heterocycles. The van der Waals surface area contributed by atoms with Crippen molar-refractivity contribution in [3.8, 4) is 17.1 Å². The first-order valence-electron chi connectivity index (χ1n) is 8.58. The number of carboxylic acids is 1. The molecule has 0 fully saturated rings. The molecule has 0 unspecified atom stereocenters. The van der Waals surface area contributed by atoms with Gasteiger partial charge in [-0.3, -0.25) is 0 Å². The van der Waals surface area contributed by atoms with Gasteiger partial charge in [-0.15, -0.1) is 10.2 Å². The molecule has 0 aliphatic heterocycles. The summed E-state index contributed by atoms with van der Waals surface area (Å²) >= 11 is 10.4. The van der Waals surface area contributed by atoms with Gasteiger partial charge in [-0.05, 0) is 82.7 Å². The van der Waals surface area contributed by atoms with Crippen LogP contribution in [0.5, 0.6) is 5.75 Å². The van der Waals surface area contributed by atoms with Gasteiger partial charge < -0.3 is 14.4 Å². The van der Waals surface area contributed by atoms with Gasteiger partial charge in [-0.1, -0.05) is 17.7 Å². The third-order valence-corrected chi connectivity index (χ3v) is 5.89. The highest BCUT2D eigenvalue weighted by Gasteiger charge is 2.18. The maximum absolute atomic E-state index is 11.8. The summed E-state index contributed by atoms with van der Waals surface area (Å²) in [7, 11) is 1.57. The van der Waals surface area contributed by atoms with Gasteiger partial charge in [0.05, 0.1) is 11.6 Å². The topological polar surface area (TPSA) is 77.2 Å². The first-order chi connectivity index (χ1) is 13.9. The number of aliphatic carboxylic acids is 1. The minimum atomic E-state index is -1.04. The molecule has 2 aromatic carbocycles. The summed E-state index contributed by atoms with van der Waals surface area (Å²) in [6, 6.07) is 12.6. The molecule has 0 saturated carbocycles. The summed E-state index contributed by atoms with van der Waals surface area (Å²) in [5, 5.41) is 19.3. The molecule has 0 bridgehead atoms. The van der Waals surface area contributed by atoms with Crippen molar-refractivity contribution >= 4 is 51.3 Å². The fraction of sp³-hybridized carbons (Fsp3) is 0.150. The Hall–Kier alpha value is -2.29. The molecule has 0 atom stereocenters. The molecule has 3 aromatic rings. The van der Waals surface area contributed by atoms with Crippen LogP contribution < -0.4 is 4.74 Å². The average molecular weight is 495 g/mol. The number of thioether (sulfide) groups is 1. The lowest BCUT2D eigenvalue weighted by molar-refractivity contribution is -0.131. The standard InChI is InChI=1S/C20H17BrClN3O3S/c1-3-25-18(13-5-7-14(22)8-6-13)23-24-20(25)29-17(19(26)27)11-12-4-9-16(28-2)15(21)10-12/h4-11H,3H2,1-2H3,(H,26,27)/b17-11-. The van der Waals surface area contributed by atoms with E-state index in [0.717, 1.165) is 27.4 Å². The summed E-state index contributed by atoms with van der Waals surface area (Å²) < 4.78 is 7.82. The number of carboxylic acid groups (broad SMARTS) is 1. The minimum absolute atomic E-state index is 0.131. The molecule has 0 spiro atoms. The highest BCUT2D eigenvalue weighted by Crippen LogP contribution is 2.32. The number of hydrogen-bond donors (Lipinski definition) is 1. The zero-order valence-corrected chi connectivity index (χ0v) is 18.8. The molecular weight excluding hydrogens is 478 g/mol. The van der Waals surface area contributed by atoms with E-state index in [1.807, 2.05) is 23.6 Å². The summed E-state index contributed by atoms with van der Waals surface area (Å²) in [4.78, 5) is 12.0. The second-order valence-corrected chi connectivity index (χ2v) is 8.17. The fourth-order valence-corrected chi connectivity index (χ4v) is 4.19. The zero-order valence-electron chi connectivity index (χ0n) is 15.6. The Balaban J connectivity index is 1.94. The quantitative estimate of drug-likeness (QED) is 0.340. The van der Waals surface area contributed by atoms with Crippen LogP contribution in [0.4, 0.5) is 0 Å². The molecule has 1 N–H and O–H groups in total. The van der Waals surface area contributed by atoms with Gasteiger partial charge in [0.2, 0.25) is 0 Å². The second kappa shape index (κ2) is 9.47. The van der Waals surface area contributed by atoms with Gasteiger partial charge in [0.1, 0.15) is 10.7 Å². The van der Waals surface area contributed by atoms with Gasteiger partial charge in [0, 0.05) is 17.1 Å². The van der Waals surface area contributed by atoms with Crippen LogP contribution >= 0.6 is 39.3 Å². The Labute approximate surface area is 185 Å². The van der Waals surface area contributed by atoms with Crippen LogP contribution in [0.3, 0.4) is 0 Å². The number of rotatable bonds is 7. The predicted molar refractivity (Wildman–Crippen MR) is 118 cm³/mol. The van der Waals surface area contributed by atoms with Gasteiger partial charge in [0.25, 0.3) is 0 Å². The van der Waals surface area contributed by atoms with Gasteiger partial charge in [0.15, 0.2) is 11.0 Å². The van der Waals surface area contributed by atoms with Gasteiger partial charge >= 0.3 is 5.97 Å². The van der Waals surface area contributed by atoms with Crippen LogP contribution in [-0.2, 0) is 11.3 Å². The van der Waals surface area contributed by atoms with E-state index in [-0.39, 0.29) is 4.91 Å². The highest BCUT2D eigenvalue weighted by atomic mass is 79.9. The van der Waals surface area contributed by atoms with Crippen molar-refractivity contribution < 1.29 is 14.6 Å². The first kappa shape index (κ1) is 21.4. The molecule has 0 aliphatic rings. The Morgan fingerprint density at radius 3 is 2.59 bits per heavy atom. The van der Waals surface area contributed by atoms with E-state index in [4.69, 9.17) is 16.3 Å². The Bertz CT molecular complexity index is 1070. The highest BCUT2D eigenvalue weighted by molar-refractivity contribution is 9.10. The molecule has 3 rings (SSSR count). The van der Waals surface area contributed by atoms with E-state index >= 15 is 0 Å². The molecule has 1 aromatic heterocycles. The molecule has 0 aliphatic carbocycles. The smallest absolute Gasteiger partial charge is 0.342 e. The lowest BCUT2D eigenvalue weighted by Gasteiger charge is -2.08. The number of benzene rings is 2. The second-order valence-electron chi connectivity index (χ2n) is 5.87. The monoisotopic (exact) mass is 493 g/mol. The minimum Gasteiger partial charge on any atom is -0.496 e. The summed E-state index contributed by atoms with van der Waals surface area (Å²) in [6.45, 7) is 2.55. The molecule has 0 radical (unpaired) electrons. The van der Waals surface area contributed by atoms with Crippen molar-refractivity contribution in [2.75, 3.05) is 7.11 Å². The van der Waals surface area contributed by atoms with E-state index < -0.39 is 5.97 Å². The van der Waals surface area contributed by atoms with Crippen LogP contribution in [-0.4, -0.2) is 33.0 Å². The average Bonchev–Trinajstić information content (AvgIpc) is 3.10. The van der Waals surface area contributed by atoms with Crippen molar-refractivity contribution in [3.63, 3.8) is 0 Å². The van der Waals surface area contributed by atoms with Crippen LogP contribution in [0.1, 0.15) is 12.5 Å². The van der Waals surface area contributed by atoms with Crippen molar-refractivity contribution in [3.05, 3.63) is 62.4 Å². The zero-order chi connectivity index (χ0) is 21.0. The number of aromatic nitrogens is 3. The van der Waals surface area contributed by atoms with Gasteiger partial charge in [-0.2, -0.15) is 0 Å². The molecule has 150 valence electrons. The first-order valence-corrected chi connectivity index (χ1v) is 10.6. The number of nitrogens with zero attached hydrogens (tertiary/aromatic N) is 3. The summed E-state index contributed by atoms with van der Waals surface area (Å²) in [5.41, 5.74) is 1.58. The molecular formula is C20H17BrClN3O3S. The number of ether oxygens (including phenoxy) is 1. The molecule has 9 heteroatoms. The third kappa shape index (κ3) is 5.01. The summed E-state index contributed by atoms with van der Waals surface area (Å²) in [5.74, 6) is 0.286. The predicted octanol–water partition coefficient (Wildman–Crippen LogP) is 5.61. The van der Waals surface area contributed by atoms with E-state index in [2.05, 4.69) is 26.1 Å². The van der Waals surface area contributed by atoms with Crippen LogP contribution in [0.15, 0.2) is 57.0 Å². The van der Waals surface area contributed by atoms with Crippen molar-refractivity contribution in [2.24, 2.45) is 0 Å². The van der Waals surface area contributed by atoms with Crippen molar-refractivity contribution in [1.29, 1.82) is 0 Å². The van der Waals surface area contributed by atoms with E-state index in [1.54, 1.807) is 43.5 Å².